The van der Waals surface area contributed by atoms with E-state index in [1.165, 1.54) is 0 Å². The molecule has 0 saturated carbocycles. The van der Waals surface area contributed by atoms with Gasteiger partial charge in [-0.05, 0) is 31.4 Å². The maximum Gasteiger partial charge on any atom is 0.0437 e. The Morgan fingerprint density at radius 3 is 2.91 bits per heavy atom. The number of aryl methyl sites for hydroxylation is 1. The highest BCUT2D eigenvalue weighted by atomic mass is 16.2. The van der Waals surface area contributed by atoms with Crippen molar-refractivity contribution in [1.82, 2.24) is 4.98 Å². The van der Waals surface area contributed by atoms with E-state index in [4.69, 9.17) is 5.11 Å². The Hall–Kier alpha value is -0.890. The summed E-state index contributed by atoms with van der Waals surface area (Å²) in [6.07, 6.45) is 4.47. The lowest BCUT2D eigenvalue weighted by molar-refractivity contribution is 0.299. The molecule has 0 bridgehead atoms. The van der Waals surface area contributed by atoms with E-state index in [9.17, 15) is 0 Å². The van der Waals surface area contributed by atoms with Gasteiger partial charge in [-0.3, -0.25) is 4.98 Å². The van der Waals surface area contributed by atoms with Crippen molar-refractivity contribution in [2.45, 2.75) is 13.3 Å². The van der Waals surface area contributed by atoms with Gasteiger partial charge in [-0.15, -0.1) is 0 Å². The zero-order valence-corrected chi connectivity index (χ0v) is 6.62. The van der Waals surface area contributed by atoms with Crippen LogP contribution in [0.5, 0.6) is 0 Å². The molecule has 1 aromatic heterocycles. The Labute approximate surface area is 66.9 Å². The van der Waals surface area contributed by atoms with Crippen LogP contribution in [0.2, 0.25) is 0 Å². The summed E-state index contributed by atoms with van der Waals surface area (Å²) in [7, 11) is 0. The number of aliphatic hydroxyl groups excluding tert-OH is 1. The lowest BCUT2D eigenvalue weighted by atomic mass is 10.1. The van der Waals surface area contributed by atoms with Crippen LogP contribution in [0.3, 0.4) is 0 Å². The molecular formula is C9H12NO. The van der Waals surface area contributed by atoms with Gasteiger partial charge in [0.05, 0.1) is 0 Å². The second-order valence-electron chi connectivity index (χ2n) is 2.45. The Morgan fingerprint density at radius 2 is 2.36 bits per heavy atom. The topological polar surface area (TPSA) is 33.1 Å². The highest BCUT2D eigenvalue weighted by molar-refractivity contribution is 5.20. The summed E-state index contributed by atoms with van der Waals surface area (Å²) in [5.41, 5.74) is 2.09. The van der Waals surface area contributed by atoms with E-state index >= 15 is 0 Å². The third-order valence-corrected chi connectivity index (χ3v) is 1.44. The van der Waals surface area contributed by atoms with Crippen LogP contribution in [0.1, 0.15) is 17.7 Å². The molecule has 0 aliphatic rings. The van der Waals surface area contributed by atoms with Gasteiger partial charge < -0.3 is 5.11 Å². The van der Waals surface area contributed by atoms with Crippen LogP contribution in [-0.4, -0.2) is 16.7 Å². The zero-order valence-electron chi connectivity index (χ0n) is 6.62. The summed E-state index contributed by atoms with van der Waals surface area (Å²) in [5, 5.41) is 8.53. The Bertz CT molecular complexity index is 205. The van der Waals surface area contributed by atoms with Gasteiger partial charge >= 0.3 is 0 Å². The van der Waals surface area contributed by atoms with E-state index in [1.54, 1.807) is 0 Å². The highest BCUT2D eigenvalue weighted by Gasteiger charge is 1.92. The van der Waals surface area contributed by atoms with E-state index < -0.39 is 0 Å². The molecule has 2 nitrogen and oxygen atoms in total. The molecule has 0 saturated heterocycles. The molecule has 0 amide bonds. The number of aromatic nitrogens is 1. The average Bonchev–Trinajstić information content (AvgIpc) is 2.04. The fourth-order valence-electron chi connectivity index (χ4n) is 0.831. The molecule has 0 aromatic carbocycles. The van der Waals surface area contributed by atoms with Crippen molar-refractivity contribution in [3.05, 3.63) is 36.0 Å². The molecule has 0 fully saturated rings. The molecule has 0 unspecified atom stereocenters. The maximum atomic E-state index is 8.53. The molecule has 2 heteroatoms. The smallest absolute Gasteiger partial charge is 0.0437 e. The molecule has 1 radical (unpaired) electrons. The van der Waals surface area contributed by atoms with E-state index in [-0.39, 0.29) is 6.61 Å². The van der Waals surface area contributed by atoms with Crippen LogP contribution in [0, 0.1) is 13.3 Å². The first kappa shape index (κ1) is 8.21. The molecule has 0 aliphatic carbocycles. The minimum absolute atomic E-state index is 0.202. The predicted octanol–water partition coefficient (Wildman–Crippen LogP) is 1.32. The normalized spacial score (nSPS) is 10.0. The van der Waals surface area contributed by atoms with Gasteiger partial charge in [0.1, 0.15) is 0 Å². The fourth-order valence-corrected chi connectivity index (χ4v) is 0.831. The maximum absolute atomic E-state index is 8.53. The third-order valence-electron chi connectivity index (χ3n) is 1.44. The van der Waals surface area contributed by atoms with E-state index in [0.29, 0.717) is 6.42 Å². The van der Waals surface area contributed by atoms with Crippen LogP contribution < -0.4 is 0 Å². The van der Waals surface area contributed by atoms with Gasteiger partial charge in [0.25, 0.3) is 0 Å². The molecule has 1 N–H and O–H groups in total. The van der Waals surface area contributed by atoms with Crippen LogP contribution in [0.4, 0.5) is 0 Å². The van der Waals surface area contributed by atoms with Gasteiger partial charge in [0, 0.05) is 18.5 Å². The molecule has 59 valence electrons. The van der Waals surface area contributed by atoms with Gasteiger partial charge in [-0.25, -0.2) is 0 Å². The molecule has 0 aliphatic heterocycles. The van der Waals surface area contributed by atoms with Gasteiger partial charge in [-0.1, -0.05) is 6.07 Å². The lowest BCUT2D eigenvalue weighted by Gasteiger charge is -1.97. The second kappa shape index (κ2) is 4.09. The zero-order chi connectivity index (χ0) is 8.10. The SMILES string of the molecule is Cc1ccc([CH]CCO)cn1. The van der Waals surface area contributed by atoms with Crippen molar-refractivity contribution in [2.24, 2.45) is 0 Å². The van der Waals surface area contributed by atoms with Crippen molar-refractivity contribution in [3.8, 4) is 0 Å². The molecule has 0 atom stereocenters. The summed E-state index contributed by atoms with van der Waals surface area (Å²) >= 11 is 0. The number of hydrogen-bond donors (Lipinski definition) is 1. The van der Waals surface area contributed by atoms with Crippen molar-refractivity contribution < 1.29 is 5.11 Å². The molecule has 11 heavy (non-hydrogen) atoms. The number of aliphatic hydroxyl groups is 1. The summed E-state index contributed by atoms with van der Waals surface area (Å²) in [6, 6.07) is 3.96. The van der Waals surface area contributed by atoms with Gasteiger partial charge in [0.15, 0.2) is 0 Å². The van der Waals surface area contributed by atoms with Crippen molar-refractivity contribution in [3.63, 3.8) is 0 Å². The summed E-state index contributed by atoms with van der Waals surface area (Å²) in [6.45, 7) is 2.16. The number of rotatable bonds is 3. The first-order valence-electron chi connectivity index (χ1n) is 3.69. The van der Waals surface area contributed by atoms with E-state index in [2.05, 4.69) is 4.98 Å². The van der Waals surface area contributed by atoms with Crippen molar-refractivity contribution >= 4 is 0 Å². The number of hydrogen-bond acceptors (Lipinski definition) is 2. The summed E-state index contributed by atoms with van der Waals surface area (Å²) in [5.74, 6) is 0. The third kappa shape index (κ3) is 2.68. The van der Waals surface area contributed by atoms with Gasteiger partial charge in [0.2, 0.25) is 0 Å². The first-order chi connectivity index (χ1) is 5.33. The van der Waals surface area contributed by atoms with Crippen LogP contribution in [0.25, 0.3) is 0 Å². The molecule has 0 spiro atoms. The predicted molar refractivity (Wildman–Crippen MR) is 44.1 cm³/mol. The molecular weight excluding hydrogens is 138 g/mol. The van der Waals surface area contributed by atoms with Crippen LogP contribution in [0.15, 0.2) is 18.3 Å². The Morgan fingerprint density at radius 1 is 1.55 bits per heavy atom. The van der Waals surface area contributed by atoms with Crippen molar-refractivity contribution in [1.29, 1.82) is 0 Å². The number of pyridine rings is 1. The minimum Gasteiger partial charge on any atom is -0.396 e. The highest BCUT2D eigenvalue weighted by Crippen LogP contribution is 2.03. The molecule has 1 heterocycles. The minimum atomic E-state index is 0.202. The number of nitrogens with zero attached hydrogens (tertiary/aromatic N) is 1. The molecule has 1 rings (SSSR count). The monoisotopic (exact) mass is 150 g/mol. The largest absolute Gasteiger partial charge is 0.396 e. The lowest BCUT2D eigenvalue weighted by Crippen LogP contribution is -1.88. The van der Waals surface area contributed by atoms with E-state index in [0.717, 1.165) is 11.3 Å². The summed E-state index contributed by atoms with van der Waals surface area (Å²) < 4.78 is 0. The standard InChI is InChI=1S/C9H12NO/c1-8-4-5-9(7-10-8)3-2-6-11/h3-5,7,11H,2,6H2,1H3. The van der Waals surface area contributed by atoms with Gasteiger partial charge in [-0.2, -0.15) is 0 Å². The summed E-state index contributed by atoms with van der Waals surface area (Å²) in [4.78, 5) is 4.12. The second-order valence-corrected chi connectivity index (χ2v) is 2.45. The molecule has 1 aromatic rings. The van der Waals surface area contributed by atoms with E-state index in [1.807, 2.05) is 31.7 Å². The fraction of sp³-hybridized carbons (Fsp3) is 0.333. The van der Waals surface area contributed by atoms with Crippen LogP contribution in [-0.2, 0) is 0 Å². The Balaban J connectivity index is 2.52. The quantitative estimate of drug-likeness (QED) is 0.705. The van der Waals surface area contributed by atoms with Crippen LogP contribution >= 0.6 is 0 Å². The average molecular weight is 150 g/mol. The van der Waals surface area contributed by atoms with Crippen molar-refractivity contribution in [2.75, 3.05) is 6.61 Å². The first-order valence-corrected chi connectivity index (χ1v) is 3.69. The Kier molecular flexibility index (Phi) is 3.05.